The molecule has 0 fully saturated rings. The molecule has 1 unspecified atom stereocenters. The molecule has 0 radical (unpaired) electrons. The second-order valence-corrected chi connectivity index (χ2v) is 7.91. The van der Waals surface area contributed by atoms with E-state index in [-0.39, 0.29) is 5.91 Å². The maximum Gasteiger partial charge on any atom is 0.255 e. The van der Waals surface area contributed by atoms with Crippen LogP contribution in [0.1, 0.15) is 40.2 Å². The van der Waals surface area contributed by atoms with Crippen molar-refractivity contribution in [1.82, 2.24) is 20.1 Å². The monoisotopic (exact) mass is 408 g/mol. The summed E-state index contributed by atoms with van der Waals surface area (Å²) in [5, 5.41) is 7.89. The van der Waals surface area contributed by atoms with E-state index in [4.69, 9.17) is 5.10 Å². The number of benzene rings is 2. The molecule has 0 saturated carbocycles. The van der Waals surface area contributed by atoms with E-state index < -0.39 is 0 Å². The van der Waals surface area contributed by atoms with Gasteiger partial charge in [-0.05, 0) is 54.7 Å². The first kappa shape index (κ1) is 19.2. The van der Waals surface area contributed by atoms with Gasteiger partial charge < -0.3 is 5.32 Å². The molecule has 154 valence electrons. The first-order chi connectivity index (χ1) is 15.3. The second-order valence-electron chi connectivity index (χ2n) is 7.91. The highest BCUT2D eigenvalue weighted by atomic mass is 16.1. The minimum atomic E-state index is -0.107. The molecule has 0 spiro atoms. The predicted octanol–water partition coefficient (Wildman–Crippen LogP) is 4.78. The van der Waals surface area contributed by atoms with Crippen LogP contribution < -0.4 is 5.32 Å². The van der Waals surface area contributed by atoms with E-state index in [2.05, 4.69) is 34.6 Å². The Kier molecular flexibility index (Phi) is 5.31. The summed E-state index contributed by atoms with van der Waals surface area (Å²) in [6.07, 6.45) is 8.64. The fourth-order valence-corrected chi connectivity index (χ4v) is 4.35. The number of hydrogen-bond donors (Lipinski definition) is 1. The quantitative estimate of drug-likeness (QED) is 0.517. The Balaban J connectivity index is 1.43. The van der Waals surface area contributed by atoms with Crippen LogP contribution in [0.15, 0.2) is 85.3 Å². The molecule has 0 bridgehead atoms. The van der Waals surface area contributed by atoms with Gasteiger partial charge >= 0.3 is 0 Å². The maximum absolute atomic E-state index is 13.3. The molecule has 2 aromatic carbocycles. The summed E-state index contributed by atoms with van der Waals surface area (Å²) in [5.74, 6) is 0.240. The van der Waals surface area contributed by atoms with Gasteiger partial charge in [0.05, 0.1) is 11.3 Å². The minimum Gasteiger partial charge on any atom is -0.351 e. The van der Waals surface area contributed by atoms with Gasteiger partial charge in [0.25, 0.3) is 5.91 Å². The molecule has 1 amide bonds. The van der Waals surface area contributed by atoms with Gasteiger partial charge in [0, 0.05) is 36.6 Å². The smallest absolute Gasteiger partial charge is 0.255 e. The van der Waals surface area contributed by atoms with E-state index in [1.165, 1.54) is 11.1 Å². The first-order valence-electron chi connectivity index (χ1n) is 10.7. The van der Waals surface area contributed by atoms with Crippen molar-refractivity contribution in [3.05, 3.63) is 102 Å². The molecule has 5 rings (SSSR count). The minimum absolute atomic E-state index is 0.107. The topological polar surface area (TPSA) is 59.8 Å². The number of carbonyl (C=O) groups is 1. The number of aromatic nitrogens is 3. The summed E-state index contributed by atoms with van der Waals surface area (Å²) >= 11 is 0. The number of aryl methyl sites for hydroxylation is 1. The highest BCUT2D eigenvalue weighted by Crippen LogP contribution is 2.31. The van der Waals surface area contributed by atoms with Crippen LogP contribution in [0.5, 0.6) is 0 Å². The summed E-state index contributed by atoms with van der Waals surface area (Å²) in [7, 11) is 0. The third-order valence-electron chi connectivity index (χ3n) is 5.92. The number of fused-ring (bicyclic) bond motifs is 1. The molecule has 1 aliphatic carbocycles. The van der Waals surface area contributed by atoms with E-state index >= 15 is 0 Å². The molecule has 1 aliphatic rings. The molecule has 4 aromatic rings. The maximum atomic E-state index is 13.3. The SMILES string of the molecule is O=C(NCC1CCCc2ccccc21)c1cn(-c2ccccc2)nc1-c1cccnc1. The van der Waals surface area contributed by atoms with Gasteiger partial charge in [-0.1, -0.05) is 42.5 Å². The number of para-hydroxylation sites is 1. The Morgan fingerprint density at radius 2 is 1.87 bits per heavy atom. The molecule has 5 nitrogen and oxygen atoms in total. The summed E-state index contributed by atoms with van der Waals surface area (Å²) in [5.41, 5.74) is 5.69. The number of pyridine rings is 1. The fourth-order valence-electron chi connectivity index (χ4n) is 4.35. The number of nitrogens with zero attached hydrogens (tertiary/aromatic N) is 3. The zero-order valence-electron chi connectivity index (χ0n) is 17.2. The largest absolute Gasteiger partial charge is 0.351 e. The standard InChI is InChI=1S/C26H24N4O/c31-26(28-17-20-10-6-9-19-8-4-5-14-23(19)20)24-18-30(22-12-2-1-3-13-22)29-25(24)21-11-7-15-27-16-21/h1-5,7-8,11-16,18,20H,6,9-10,17H2,(H,28,31). The van der Waals surface area contributed by atoms with E-state index in [1.54, 1.807) is 17.1 Å². The zero-order chi connectivity index (χ0) is 21.0. The molecule has 2 aromatic heterocycles. The molecular formula is C26H24N4O. The van der Waals surface area contributed by atoms with Crippen LogP contribution >= 0.6 is 0 Å². The van der Waals surface area contributed by atoms with Crippen LogP contribution in [-0.2, 0) is 6.42 Å². The second kappa shape index (κ2) is 8.56. The van der Waals surface area contributed by atoms with Crippen LogP contribution in [0.4, 0.5) is 0 Å². The van der Waals surface area contributed by atoms with Crippen LogP contribution in [0.3, 0.4) is 0 Å². The third-order valence-corrected chi connectivity index (χ3v) is 5.92. The van der Waals surface area contributed by atoms with E-state index in [1.807, 2.05) is 48.7 Å². The molecule has 31 heavy (non-hydrogen) atoms. The summed E-state index contributed by atoms with van der Waals surface area (Å²) in [4.78, 5) is 17.5. The summed E-state index contributed by atoms with van der Waals surface area (Å²) in [6.45, 7) is 0.624. The molecule has 0 saturated heterocycles. The van der Waals surface area contributed by atoms with E-state index in [9.17, 15) is 4.79 Å². The van der Waals surface area contributed by atoms with Gasteiger partial charge in [-0.15, -0.1) is 0 Å². The van der Waals surface area contributed by atoms with Crippen molar-refractivity contribution >= 4 is 5.91 Å². The summed E-state index contributed by atoms with van der Waals surface area (Å²) < 4.78 is 1.76. The van der Waals surface area contributed by atoms with Crippen LogP contribution in [-0.4, -0.2) is 27.2 Å². The molecular weight excluding hydrogens is 384 g/mol. The van der Waals surface area contributed by atoms with Gasteiger partial charge in [-0.25, -0.2) is 4.68 Å². The van der Waals surface area contributed by atoms with Crippen molar-refractivity contribution in [1.29, 1.82) is 0 Å². The number of amides is 1. The number of nitrogens with one attached hydrogen (secondary N) is 1. The van der Waals surface area contributed by atoms with Gasteiger partial charge in [-0.2, -0.15) is 5.10 Å². The van der Waals surface area contributed by atoms with Crippen LogP contribution in [0, 0.1) is 0 Å². The lowest BCUT2D eigenvalue weighted by atomic mass is 9.83. The Labute approximate surface area is 181 Å². The molecule has 2 heterocycles. The molecule has 1 N–H and O–H groups in total. The lowest BCUT2D eigenvalue weighted by Crippen LogP contribution is -2.30. The average Bonchev–Trinajstić information content (AvgIpc) is 3.29. The average molecular weight is 409 g/mol. The van der Waals surface area contributed by atoms with Gasteiger partial charge in [0.1, 0.15) is 5.69 Å². The predicted molar refractivity (Wildman–Crippen MR) is 121 cm³/mol. The molecule has 5 heteroatoms. The Morgan fingerprint density at radius 1 is 1.03 bits per heavy atom. The number of hydrogen-bond acceptors (Lipinski definition) is 3. The van der Waals surface area contributed by atoms with Crippen molar-refractivity contribution in [2.75, 3.05) is 6.54 Å². The zero-order valence-corrected chi connectivity index (χ0v) is 17.2. The summed E-state index contributed by atoms with van der Waals surface area (Å²) in [6, 6.07) is 22.2. The van der Waals surface area contributed by atoms with Crippen LogP contribution in [0.2, 0.25) is 0 Å². The highest BCUT2D eigenvalue weighted by Gasteiger charge is 2.23. The third kappa shape index (κ3) is 3.99. The van der Waals surface area contributed by atoms with E-state index in [0.717, 1.165) is 30.5 Å². The van der Waals surface area contributed by atoms with Crippen molar-refractivity contribution in [2.45, 2.75) is 25.2 Å². The Hall–Kier alpha value is -3.73. The lowest BCUT2D eigenvalue weighted by Gasteiger charge is -2.25. The van der Waals surface area contributed by atoms with Crippen molar-refractivity contribution in [3.8, 4) is 16.9 Å². The van der Waals surface area contributed by atoms with Crippen LogP contribution in [0.25, 0.3) is 16.9 Å². The van der Waals surface area contributed by atoms with Crippen molar-refractivity contribution < 1.29 is 4.79 Å². The molecule has 1 atom stereocenters. The van der Waals surface area contributed by atoms with Gasteiger partial charge in [-0.3, -0.25) is 9.78 Å². The van der Waals surface area contributed by atoms with E-state index in [0.29, 0.717) is 23.7 Å². The normalized spacial score (nSPS) is 15.3. The molecule has 0 aliphatic heterocycles. The van der Waals surface area contributed by atoms with Gasteiger partial charge in [0.15, 0.2) is 0 Å². The highest BCUT2D eigenvalue weighted by molar-refractivity contribution is 5.99. The lowest BCUT2D eigenvalue weighted by molar-refractivity contribution is 0.0951. The Morgan fingerprint density at radius 3 is 2.71 bits per heavy atom. The van der Waals surface area contributed by atoms with Crippen molar-refractivity contribution in [3.63, 3.8) is 0 Å². The van der Waals surface area contributed by atoms with Gasteiger partial charge in [0.2, 0.25) is 0 Å². The first-order valence-corrected chi connectivity index (χ1v) is 10.7. The number of rotatable bonds is 5. The Bertz CT molecular complexity index is 1180. The van der Waals surface area contributed by atoms with Crippen molar-refractivity contribution in [2.24, 2.45) is 0 Å². The number of carbonyl (C=O) groups excluding carboxylic acids is 1. The fraction of sp³-hybridized carbons (Fsp3) is 0.192.